The second-order valence-electron chi connectivity index (χ2n) is 8.25. The summed E-state index contributed by atoms with van der Waals surface area (Å²) in [4.78, 5) is 41.5. The smallest absolute Gasteiger partial charge is 0.338 e. The predicted octanol–water partition coefficient (Wildman–Crippen LogP) is 1.11. The number of nitrogens with two attached hydrogens (primary N) is 3. The normalized spacial score (nSPS) is 18.6. The van der Waals surface area contributed by atoms with E-state index in [1.54, 1.807) is 31.2 Å². The Morgan fingerprint density at radius 1 is 1.12 bits per heavy atom. The van der Waals surface area contributed by atoms with Gasteiger partial charge in [-0.25, -0.2) is 4.79 Å². The highest BCUT2D eigenvalue weighted by molar-refractivity contribution is 5.98. The minimum absolute atomic E-state index is 0.0154. The van der Waals surface area contributed by atoms with Gasteiger partial charge in [0.2, 0.25) is 11.8 Å². The van der Waals surface area contributed by atoms with Crippen LogP contribution in [-0.2, 0) is 14.3 Å². The van der Waals surface area contributed by atoms with Crippen LogP contribution in [0.1, 0.15) is 55.8 Å². The molecule has 1 fully saturated rings. The maximum Gasteiger partial charge on any atom is 0.338 e. The van der Waals surface area contributed by atoms with Gasteiger partial charge in [0.1, 0.15) is 6.04 Å². The average molecular weight is 461 g/mol. The second-order valence-corrected chi connectivity index (χ2v) is 8.25. The number of aliphatic imine (C=N–C) groups is 1. The van der Waals surface area contributed by atoms with E-state index in [1.165, 1.54) is 0 Å². The van der Waals surface area contributed by atoms with E-state index >= 15 is 0 Å². The monoisotopic (exact) mass is 460 g/mol. The Hall–Kier alpha value is -3.14. The van der Waals surface area contributed by atoms with Gasteiger partial charge in [-0.3, -0.25) is 14.6 Å². The summed E-state index contributed by atoms with van der Waals surface area (Å²) in [5.41, 5.74) is 17.4. The van der Waals surface area contributed by atoms with Gasteiger partial charge in [0.05, 0.1) is 12.2 Å². The van der Waals surface area contributed by atoms with Gasteiger partial charge in [-0.2, -0.15) is 0 Å². The van der Waals surface area contributed by atoms with Gasteiger partial charge < -0.3 is 32.6 Å². The van der Waals surface area contributed by atoms with Gasteiger partial charge in [0, 0.05) is 18.2 Å². The zero-order valence-corrected chi connectivity index (χ0v) is 19.2. The van der Waals surface area contributed by atoms with Crippen LogP contribution in [0.25, 0.3) is 0 Å². The van der Waals surface area contributed by atoms with E-state index in [0.29, 0.717) is 43.1 Å². The number of ether oxygens (including phenoxy) is 1. The summed E-state index contributed by atoms with van der Waals surface area (Å²) < 4.78 is 4.96. The number of nitrogens with one attached hydrogen (secondary N) is 2. The van der Waals surface area contributed by atoms with Crippen LogP contribution in [-0.4, -0.2) is 49.5 Å². The van der Waals surface area contributed by atoms with Crippen LogP contribution in [0.4, 0.5) is 5.69 Å². The van der Waals surface area contributed by atoms with Crippen molar-refractivity contribution in [2.75, 3.05) is 25.0 Å². The summed E-state index contributed by atoms with van der Waals surface area (Å²) in [5, 5.41) is 5.71. The van der Waals surface area contributed by atoms with E-state index < -0.39 is 12.0 Å². The van der Waals surface area contributed by atoms with E-state index in [1.807, 2.05) is 0 Å². The summed E-state index contributed by atoms with van der Waals surface area (Å²) in [6, 6.07) is 5.67. The number of hydrogen-bond donors (Lipinski definition) is 5. The lowest BCUT2D eigenvalue weighted by atomic mass is 9.81. The van der Waals surface area contributed by atoms with Crippen LogP contribution in [0.5, 0.6) is 0 Å². The summed E-state index contributed by atoms with van der Waals surface area (Å²) in [5.74, 6) is -0.560. The SMILES string of the molecule is CCOC(=O)c1ccc(NC(=O)[C@H](CCCN=C(N)N)NC(=O)C2CCC(CN)CC2)cc1. The Kier molecular flexibility index (Phi) is 10.6. The van der Waals surface area contributed by atoms with E-state index in [-0.39, 0.29) is 30.3 Å². The number of guanidine groups is 1. The lowest BCUT2D eigenvalue weighted by molar-refractivity contribution is -0.130. The van der Waals surface area contributed by atoms with Gasteiger partial charge >= 0.3 is 5.97 Å². The molecule has 182 valence electrons. The highest BCUT2D eigenvalue weighted by atomic mass is 16.5. The molecule has 0 heterocycles. The van der Waals surface area contributed by atoms with Gasteiger partial charge in [0.15, 0.2) is 5.96 Å². The van der Waals surface area contributed by atoms with Crippen molar-refractivity contribution < 1.29 is 19.1 Å². The third kappa shape index (κ3) is 8.72. The van der Waals surface area contributed by atoms with E-state index in [2.05, 4.69) is 15.6 Å². The number of esters is 1. The predicted molar refractivity (Wildman–Crippen MR) is 127 cm³/mol. The molecule has 1 aliphatic rings. The Labute approximate surface area is 194 Å². The topological polar surface area (TPSA) is 175 Å². The molecule has 0 unspecified atom stereocenters. The number of benzene rings is 1. The number of amides is 2. The molecule has 1 saturated carbocycles. The average Bonchev–Trinajstić information content (AvgIpc) is 2.81. The maximum absolute atomic E-state index is 13.0. The van der Waals surface area contributed by atoms with E-state index in [0.717, 1.165) is 25.7 Å². The molecule has 10 nitrogen and oxygen atoms in total. The van der Waals surface area contributed by atoms with E-state index in [9.17, 15) is 14.4 Å². The lowest BCUT2D eigenvalue weighted by Crippen LogP contribution is -2.46. The Morgan fingerprint density at radius 3 is 2.36 bits per heavy atom. The summed E-state index contributed by atoms with van der Waals surface area (Å²) in [6.07, 6.45) is 4.29. The number of anilines is 1. The maximum atomic E-state index is 13.0. The highest BCUT2D eigenvalue weighted by Gasteiger charge is 2.29. The molecule has 0 radical (unpaired) electrons. The Balaban J connectivity index is 2.00. The van der Waals surface area contributed by atoms with Crippen LogP contribution in [0.3, 0.4) is 0 Å². The highest BCUT2D eigenvalue weighted by Crippen LogP contribution is 2.28. The third-order valence-corrected chi connectivity index (χ3v) is 5.79. The van der Waals surface area contributed by atoms with Crippen molar-refractivity contribution in [1.82, 2.24) is 5.32 Å². The third-order valence-electron chi connectivity index (χ3n) is 5.79. The molecule has 1 atom stereocenters. The fourth-order valence-electron chi connectivity index (χ4n) is 3.86. The first kappa shape index (κ1) is 26.1. The molecule has 0 aliphatic heterocycles. The van der Waals surface area contributed by atoms with Crippen molar-refractivity contribution in [2.24, 2.45) is 34.0 Å². The number of hydrogen-bond acceptors (Lipinski definition) is 6. The fraction of sp³-hybridized carbons (Fsp3) is 0.565. The lowest BCUT2D eigenvalue weighted by Gasteiger charge is -2.28. The first-order valence-corrected chi connectivity index (χ1v) is 11.5. The molecule has 0 spiro atoms. The minimum atomic E-state index is -0.733. The molecule has 33 heavy (non-hydrogen) atoms. The second kappa shape index (κ2) is 13.4. The molecule has 1 aromatic carbocycles. The van der Waals surface area contributed by atoms with E-state index in [4.69, 9.17) is 21.9 Å². The first-order chi connectivity index (χ1) is 15.8. The van der Waals surface area contributed by atoms with Crippen LogP contribution in [0, 0.1) is 11.8 Å². The van der Waals surface area contributed by atoms with Crippen LogP contribution < -0.4 is 27.8 Å². The molecule has 8 N–H and O–H groups in total. The number of carbonyl (C=O) groups excluding carboxylic acids is 3. The molecule has 2 rings (SSSR count). The summed E-state index contributed by atoms with van der Waals surface area (Å²) in [7, 11) is 0. The molecule has 2 amide bonds. The van der Waals surface area contributed by atoms with Crippen molar-refractivity contribution in [1.29, 1.82) is 0 Å². The molecule has 0 saturated heterocycles. The summed E-state index contributed by atoms with van der Waals surface area (Å²) >= 11 is 0. The summed E-state index contributed by atoms with van der Waals surface area (Å²) in [6.45, 7) is 3.02. The largest absolute Gasteiger partial charge is 0.462 e. The molecular weight excluding hydrogens is 424 g/mol. The van der Waals surface area contributed by atoms with Crippen molar-refractivity contribution >= 4 is 29.4 Å². The number of rotatable bonds is 11. The molecule has 1 aliphatic carbocycles. The molecule has 0 bridgehead atoms. The van der Waals surface area contributed by atoms with Crippen LogP contribution in [0.15, 0.2) is 29.3 Å². The van der Waals surface area contributed by atoms with Gasteiger partial charge in [-0.15, -0.1) is 0 Å². The molecule has 10 heteroatoms. The van der Waals surface area contributed by atoms with Crippen LogP contribution in [0.2, 0.25) is 0 Å². The minimum Gasteiger partial charge on any atom is -0.462 e. The Morgan fingerprint density at radius 2 is 1.79 bits per heavy atom. The van der Waals surface area contributed by atoms with Gasteiger partial charge in [-0.05, 0) is 82.2 Å². The number of nitrogens with zero attached hydrogens (tertiary/aromatic N) is 1. The zero-order chi connectivity index (χ0) is 24.2. The first-order valence-electron chi connectivity index (χ1n) is 11.5. The molecule has 1 aromatic rings. The quantitative estimate of drug-likeness (QED) is 0.142. The zero-order valence-electron chi connectivity index (χ0n) is 19.2. The van der Waals surface area contributed by atoms with Gasteiger partial charge in [-0.1, -0.05) is 0 Å². The fourth-order valence-corrected chi connectivity index (χ4v) is 3.86. The van der Waals surface area contributed by atoms with Crippen molar-refractivity contribution in [3.05, 3.63) is 29.8 Å². The van der Waals surface area contributed by atoms with Crippen molar-refractivity contribution in [3.63, 3.8) is 0 Å². The number of carbonyl (C=O) groups is 3. The van der Waals surface area contributed by atoms with Crippen molar-refractivity contribution in [3.8, 4) is 0 Å². The Bertz CT molecular complexity index is 815. The van der Waals surface area contributed by atoms with Crippen LogP contribution >= 0.6 is 0 Å². The molecule has 0 aromatic heterocycles. The van der Waals surface area contributed by atoms with Gasteiger partial charge in [0.25, 0.3) is 0 Å². The van der Waals surface area contributed by atoms with Crippen molar-refractivity contribution in [2.45, 2.75) is 51.5 Å². The standard InChI is InChI=1S/C23H36N6O4/c1-2-33-22(32)17-9-11-18(12-10-17)28-21(31)19(4-3-13-27-23(25)26)29-20(30)16-7-5-15(14-24)6-8-16/h9-12,15-16,19H,2-8,13-14,24H2,1H3,(H,28,31)(H,29,30)(H4,25,26,27)/t15?,16?,19-/m0/s1. The molecular formula is C23H36N6O4.